The number of carbonyl (C=O) groups excluding carboxylic acids is 2. The van der Waals surface area contributed by atoms with E-state index in [0.29, 0.717) is 6.42 Å². The van der Waals surface area contributed by atoms with Crippen LogP contribution in [0, 0.1) is 0 Å². The lowest BCUT2D eigenvalue weighted by Crippen LogP contribution is -2.42. The fourth-order valence-electron chi connectivity index (χ4n) is 2.53. The molecule has 1 aliphatic heterocycles. The van der Waals surface area contributed by atoms with Gasteiger partial charge in [0.1, 0.15) is 0 Å². The zero-order valence-electron chi connectivity index (χ0n) is 12.6. The first-order chi connectivity index (χ1) is 9.07. The molecule has 4 heteroatoms. The van der Waals surface area contributed by atoms with Gasteiger partial charge in [-0.1, -0.05) is 39.0 Å². The van der Waals surface area contributed by atoms with E-state index in [1.165, 1.54) is 37.0 Å². The summed E-state index contributed by atoms with van der Waals surface area (Å²) < 4.78 is 0. The molecule has 1 N–H and O–H groups in total. The van der Waals surface area contributed by atoms with E-state index in [9.17, 15) is 9.59 Å². The summed E-state index contributed by atoms with van der Waals surface area (Å²) in [5.74, 6) is -0.0913. The molecular formula is C15H28N2O2. The number of amides is 2. The van der Waals surface area contributed by atoms with Crippen LogP contribution in [0.2, 0.25) is 0 Å². The van der Waals surface area contributed by atoms with Crippen LogP contribution in [0.5, 0.6) is 0 Å². The van der Waals surface area contributed by atoms with Gasteiger partial charge in [-0.15, -0.1) is 0 Å². The molecule has 1 aliphatic rings. The van der Waals surface area contributed by atoms with Crippen LogP contribution in [-0.4, -0.2) is 35.3 Å². The highest BCUT2D eigenvalue weighted by molar-refractivity contribution is 6.05. The Morgan fingerprint density at radius 1 is 1.16 bits per heavy atom. The Balaban J connectivity index is 2.17. The minimum Gasteiger partial charge on any atom is -0.305 e. The highest BCUT2D eigenvalue weighted by Gasteiger charge is 2.39. The standard InChI is InChI=1S/C15H28N2O2/c1-4-5-6-7-8-9-10-16-13-11-14(18)17(12(2)3)15(13)19/h12-13,16H,4-11H2,1-3H3. The van der Waals surface area contributed by atoms with E-state index in [-0.39, 0.29) is 23.9 Å². The zero-order chi connectivity index (χ0) is 14.3. The molecule has 1 saturated heterocycles. The average Bonchev–Trinajstić information content (AvgIpc) is 2.63. The molecular weight excluding hydrogens is 240 g/mol. The second-order valence-electron chi connectivity index (χ2n) is 5.67. The first kappa shape index (κ1) is 16.2. The molecule has 0 spiro atoms. The first-order valence-electron chi connectivity index (χ1n) is 7.67. The molecule has 110 valence electrons. The van der Waals surface area contributed by atoms with Gasteiger partial charge in [-0.2, -0.15) is 0 Å². The number of hydrogen-bond acceptors (Lipinski definition) is 3. The molecule has 1 heterocycles. The molecule has 19 heavy (non-hydrogen) atoms. The van der Waals surface area contributed by atoms with Crippen LogP contribution in [0.25, 0.3) is 0 Å². The van der Waals surface area contributed by atoms with Gasteiger partial charge in [0.25, 0.3) is 0 Å². The molecule has 0 radical (unpaired) electrons. The quantitative estimate of drug-likeness (QED) is 0.516. The molecule has 1 fully saturated rings. The highest BCUT2D eigenvalue weighted by atomic mass is 16.2. The van der Waals surface area contributed by atoms with Crippen molar-refractivity contribution in [2.75, 3.05) is 6.54 Å². The van der Waals surface area contributed by atoms with E-state index in [1.54, 1.807) is 0 Å². The number of unbranched alkanes of at least 4 members (excludes halogenated alkanes) is 5. The summed E-state index contributed by atoms with van der Waals surface area (Å²) in [5.41, 5.74) is 0. The Bertz CT molecular complexity index is 303. The molecule has 0 bridgehead atoms. The van der Waals surface area contributed by atoms with Gasteiger partial charge in [0, 0.05) is 6.04 Å². The smallest absolute Gasteiger partial charge is 0.247 e. The zero-order valence-corrected chi connectivity index (χ0v) is 12.6. The summed E-state index contributed by atoms with van der Waals surface area (Å²) in [6, 6.07) is -0.314. The van der Waals surface area contributed by atoms with Crippen molar-refractivity contribution in [1.29, 1.82) is 0 Å². The molecule has 0 aromatic heterocycles. The van der Waals surface area contributed by atoms with Crippen molar-refractivity contribution in [3.8, 4) is 0 Å². The molecule has 0 saturated carbocycles. The number of likely N-dealkylation sites (tertiary alicyclic amines) is 1. The summed E-state index contributed by atoms with van der Waals surface area (Å²) in [4.78, 5) is 25.1. The average molecular weight is 268 g/mol. The SMILES string of the molecule is CCCCCCCCNC1CC(=O)N(C(C)C)C1=O. The molecule has 0 aromatic carbocycles. The van der Waals surface area contributed by atoms with E-state index in [0.717, 1.165) is 13.0 Å². The Hall–Kier alpha value is -0.900. The minimum absolute atomic E-state index is 0.0270. The first-order valence-corrected chi connectivity index (χ1v) is 7.67. The van der Waals surface area contributed by atoms with Crippen molar-refractivity contribution in [3.63, 3.8) is 0 Å². The Morgan fingerprint density at radius 2 is 1.79 bits per heavy atom. The third-order valence-corrected chi connectivity index (χ3v) is 3.62. The lowest BCUT2D eigenvalue weighted by molar-refractivity contribution is -0.140. The molecule has 4 nitrogen and oxygen atoms in total. The molecule has 0 aromatic rings. The van der Waals surface area contributed by atoms with Crippen molar-refractivity contribution in [2.45, 2.75) is 77.8 Å². The third kappa shape index (κ3) is 4.94. The van der Waals surface area contributed by atoms with Crippen LogP contribution in [0.1, 0.15) is 65.7 Å². The molecule has 0 aliphatic carbocycles. The number of imide groups is 1. The number of rotatable bonds is 9. The summed E-state index contributed by atoms with van der Waals surface area (Å²) >= 11 is 0. The predicted octanol–water partition coefficient (Wildman–Crippen LogP) is 2.47. The van der Waals surface area contributed by atoms with E-state index in [1.807, 2.05) is 13.8 Å². The largest absolute Gasteiger partial charge is 0.305 e. The summed E-state index contributed by atoms with van der Waals surface area (Å²) in [5, 5.41) is 3.23. The summed E-state index contributed by atoms with van der Waals surface area (Å²) in [6.45, 7) is 6.81. The lowest BCUT2D eigenvalue weighted by Gasteiger charge is -2.19. The lowest BCUT2D eigenvalue weighted by atomic mass is 10.1. The highest BCUT2D eigenvalue weighted by Crippen LogP contribution is 2.16. The van der Waals surface area contributed by atoms with E-state index in [4.69, 9.17) is 0 Å². The van der Waals surface area contributed by atoms with Gasteiger partial charge in [-0.25, -0.2) is 0 Å². The van der Waals surface area contributed by atoms with Crippen molar-refractivity contribution in [2.24, 2.45) is 0 Å². The second kappa shape index (κ2) is 8.31. The van der Waals surface area contributed by atoms with Crippen LogP contribution < -0.4 is 5.32 Å². The van der Waals surface area contributed by atoms with Crippen molar-refractivity contribution in [3.05, 3.63) is 0 Å². The Morgan fingerprint density at radius 3 is 2.37 bits per heavy atom. The Labute approximate surface area is 116 Å². The van der Waals surface area contributed by atoms with Crippen LogP contribution in [0.15, 0.2) is 0 Å². The van der Waals surface area contributed by atoms with Gasteiger partial charge >= 0.3 is 0 Å². The number of hydrogen-bond donors (Lipinski definition) is 1. The van der Waals surface area contributed by atoms with Gasteiger partial charge in [0.2, 0.25) is 11.8 Å². The van der Waals surface area contributed by atoms with E-state index >= 15 is 0 Å². The predicted molar refractivity (Wildman–Crippen MR) is 76.8 cm³/mol. The molecule has 2 amide bonds. The van der Waals surface area contributed by atoms with E-state index < -0.39 is 0 Å². The maximum atomic E-state index is 12.0. The molecule has 1 rings (SSSR count). The monoisotopic (exact) mass is 268 g/mol. The topological polar surface area (TPSA) is 49.4 Å². The number of nitrogens with one attached hydrogen (secondary N) is 1. The van der Waals surface area contributed by atoms with Crippen LogP contribution in [0.4, 0.5) is 0 Å². The second-order valence-corrected chi connectivity index (χ2v) is 5.67. The fourth-order valence-corrected chi connectivity index (χ4v) is 2.53. The van der Waals surface area contributed by atoms with Gasteiger partial charge in [-0.05, 0) is 26.8 Å². The van der Waals surface area contributed by atoms with Crippen molar-refractivity contribution < 1.29 is 9.59 Å². The van der Waals surface area contributed by atoms with Gasteiger partial charge in [0.05, 0.1) is 12.5 Å². The number of carbonyl (C=O) groups is 2. The van der Waals surface area contributed by atoms with Gasteiger partial charge in [0.15, 0.2) is 0 Å². The van der Waals surface area contributed by atoms with Crippen LogP contribution >= 0.6 is 0 Å². The minimum atomic E-state index is -0.287. The third-order valence-electron chi connectivity index (χ3n) is 3.62. The van der Waals surface area contributed by atoms with Crippen LogP contribution in [-0.2, 0) is 9.59 Å². The molecule has 1 unspecified atom stereocenters. The van der Waals surface area contributed by atoms with E-state index in [2.05, 4.69) is 12.2 Å². The molecule has 1 atom stereocenters. The van der Waals surface area contributed by atoms with Crippen LogP contribution in [0.3, 0.4) is 0 Å². The fraction of sp³-hybridized carbons (Fsp3) is 0.867. The number of nitrogens with zero attached hydrogens (tertiary/aromatic N) is 1. The van der Waals surface area contributed by atoms with Crippen molar-refractivity contribution in [1.82, 2.24) is 10.2 Å². The van der Waals surface area contributed by atoms with Gasteiger partial charge < -0.3 is 5.32 Å². The normalized spacial score (nSPS) is 19.8. The maximum Gasteiger partial charge on any atom is 0.247 e. The van der Waals surface area contributed by atoms with Gasteiger partial charge in [-0.3, -0.25) is 14.5 Å². The summed E-state index contributed by atoms with van der Waals surface area (Å²) in [7, 11) is 0. The van der Waals surface area contributed by atoms with Crippen molar-refractivity contribution >= 4 is 11.8 Å². The Kier molecular flexibility index (Phi) is 7.06. The summed E-state index contributed by atoms with van der Waals surface area (Å²) in [6.07, 6.45) is 7.77. The maximum absolute atomic E-state index is 12.0.